The maximum absolute atomic E-state index is 5.95. The van der Waals surface area contributed by atoms with E-state index in [2.05, 4.69) is 39.2 Å². The van der Waals surface area contributed by atoms with Gasteiger partial charge in [-0.25, -0.2) is 0 Å². The van der Waals surface area contributed by atoms with Crippen molar-refractivity contribution in [3.63, 3.8) is 0 Å². The van der Waals surface area contributed by atoms with E-state index in [1.807, 2.05) is 0 Å². The fourth-order valence-corrected chi connectivity index (χ4v) is 3.52. The number of hydrogen-bond acceptors (Lipinski definition) is 3. The van der Waals surface area contributed by atoms with Crippen LogP contribution in [0.25, 0.3) is 0 Å². The van der Waals surface area contributed by atoms with Gasteiger partial charge in [0.25, 0.3) is 0 Å². The molecule has 2 heterocycles. The number of likely N-dealkylation sites (tertiary alicyclic amines) is 1. The summed E-state index contributed by atoms with van der Waals surface area (Å²) in [6, 6.07) is 2.58. The summed E-state index contributed by atoms with van der Waals surface area (Å²) in [5.74, 6) is 0.727. The first kappa shape index (κ1) is 15.4. The van der Waals surface area contributed by atoms with E-state index in [0.717, 1.165) is 12.5 Å². The minimum Gasteiger partial charge on any atom is -0.328 e. The molecule has 1 unspecified atom stereocenters. The summed E-state index contributed by atoms with van der Waals surface area (Å²) in [5.41, 5.74) is 7.37. The van der Waals surface area contributed by atoms with E-state index < -0.39 is 0 Å². The number of piperidine rings is 1. The van der Waals surface area contributed by atoms with E-state index in [1.54, 1.807) is 11.3 Å². The summed E-state index contributed by atoms with van der Waals surface area (Å²) >= 11 is 5.28. The van der Waals surface area contributed by atoms with E-state index in [-0.39, 0.29) is 12.4 Å². The lowest BCUT2D eigenvalue weighted by molar-refractivity contribution is 0.166. The van der Waals surface area contributed by atoms with Crippen LogP contribution in [0.4, 0.5) is 0 Å². The van der Waals surface area contributed by atoms with Gasteiger partial charge in [-0.05, 0) is 71.7 Å². The standard InChI is InChI=1S/C12H19BrN2S.ClH/c1-9(14)11-2-4-15(5-3-11)7-10-6-12(13)16-8-10;/h6,8-9,11H,2-5,7,14H2,1H3;1H. The van der Waals surface area contributed by atoms with Gasteiger partial charge in [0.05, 0.1) is 3.79 Å². The normalized spacial score (nSPS) is 19.9. The molecule has 0 saturated carbocycles. The molecule has 1 fully saturated rings. The molecule has 1 saturated heterocycles. The lowest BCUT2D eigenvalue weighted by atomic mass is 9.91. The van der Waals surface area contributed by atoms with E-state index in [0.29, 0.717) is 6.04 Å². The van der Waals surface area contributed by atoms with Crippen LogP contribution >= 0.6 is 39.7 Å². The predicted octanol–water partition coefficient (Wildman–Crippen LogP) is 3.49. The molecule has 2 nitrogen and oxygen atoms in total. The number of nitrogens with zero attached hydrogens (tertiary/aromatic N) is 1. The Morgan fingerprint density at radius 2 is 2.18 bits per heavy atom. The van der Waals surface area contributed by atoms with Crippen LogP contribution in [0.1, 0.15) is 25.3 Å². The summed E-state index contributed by atoms with van der Waals surface area (Å²) in [5, 5.41) is 2.24. The Bertz CT molecular complexity index is 335. The van der Waals surface area contributed by atoms with E-state index in [1.165, 1.54) is 35.3 Å². The minimum absolute atomic E-state index is 0. The maximum Gasteiger partial charge on any atom is 0.0701 e. The van der Waals surface area contributed by atoms with Crippen molar-refractivity contribution in [2.75, 3.05) is 13.1 Å². The largest absolute Gasteiger partial charge is 0.328 e. The van der Waals surface area contributed by atoms with Gasteiger partial charge in [-0.2, -0.15) is 0 Å². The molecule has 1 atom stereocenters. The van der Waals surface area contributed by atoms with Crippen LogP contribution in [0.5, 0.6) is 0 Å². The molecule has 98 valence electrons. The van der Waals surface area contributed by atoms with Crippen LogP contribution in [0.2, 0.25) is 0 Å². The highest BCUT2D eigenvalue weighted by atomic mass is 79.9. The molecular weight excluding hydrogens is 320 g/mol. The van der Waals surface area contributed by atoms with Crippen molar-refractivity contribution < 1.29 is 0 Å². The second-order valence-electron chi connectivity index (χ2n) is 4.73. The van der Waals surface area contributed by atoms with Crippen LogP contribution in [0.15, 0.2) is 15.2 Å². The Morgan fingerprint density at radius 3 is 2.65 bits per heavy atom. The van der Waals surface area contributed by atoms with E-state index in [9.17, 15) is 0 Å². The van der Waals surface area contributed by atoms with Gasteiger partial charge in [-0.15, -0.1) is 23.7 Å². The first-order valence-corrected chi connectivity index (χ1v) is 7.53. The van der Waals surface area contributed by atoms with Gasteiger partial charge in [-0.1, -0.05) is 0 Å². The van der Waals surface area contributed by atoms with Gasteiger partial charge in [0.15, 0.2) is 0 Å². The fraction of sp³-hybridized carbons (Fsp3) is 0.667. The van der Waals surface area contributed by atoms with Crippen molar-refractivity contribution in [2.24, 2.45) is 11.7 Å². The molecule has 0 aromatic carbocycles. The molecule has 5 heteroatoms. The first-order chi connectivity index (χ1) is 7.65. The molecular formula is C12H20BrClN2S. The molecule has 0 amide bonds. The lowest BCUT2D eigenvalue weighted by Gasteiger charge is -2.33. The lowest BCUT2D eigenvalue weighted by Crippen LogP contribution is -2.39. The van der Waals surface area contributed by atoms with Crippen molar-refractivity contribution in [3.05, 3.63) is 20.8 Å². The SMILES string of the molecule is CC(N)C1CCN(Cc2csc(Br)c2)CC1.Cl. The second kappa shape index (κ2) is 7.10. The van der Waals surface area contributed by atoms with Crippen molar-refractivity contribution in [1.29, 1.82) is 0 Å². The van der Waals surface area contributed by atoms with Crippen LogP contribution < -0.4 is 5.73 Å². The Balaban J connectivity index is 0.00000144. The summed E-state index contributed by atoms with van der Waals surface area (Å²) < 4.78 is 1.23. The topological polar surface area (TPSA) is 29.3 Å². The van der Waals surface area contributed by atoms with Crippen molar-refractivity contribution >= 4 is 39.7 Å². The van der Waals surface area contributed by atoms with Crippen molar-refractivity contribution in [2.45, 2.75) is 32.4 Å². The number of halogens is 2. The Hall–Kier alpha value is 0.390. The molecule has 0 spiro atoms. The maximum atomic E-state index is 5.95. The molecule has 0 aliphatic carbocycles. The van der Waals surface area contributed by atoms with Gasteiger partial charge in [0.2, 0.25) is 0 Å². The molecule has 1 aromatic rings. The summed E-state index contributed by atoms with van der Waals surface area (Å²) in [7, 11) is 0. The van der Waals surface area contributed by atoms with Crippen molar-refractivity contribution in [1.82, 2.24) is 4.90 Å². The molecule has 0 radical (unpaired) electrons. The van der Waals surface area contributed by atoms with Gasteiger partial charge < -0.3 is 5.73 Å². The molecule has 1 aromatic heterocycles. The van der Waals surface area contributed by atoms with Crippen LogP contribution in [0.3, 0.4) is 0 Å². The van der Waals surface area contributed by atoms with Crippen LogP contribution in [-0.2, 0) is 6.54 Å². The number of thiophene rings is 1. The summed E-state index contributed by atoms with van der Waals surface area (Å²) in [6.07, 6.45) is 2.51. The molecule has 1 aliphatic heterocycles. The Labute approximate surface area is 122 Å². The smallest absolute Gasteiger partial charge is 0.0701 e. The third-order valence-corrected chi connectivity index (χ3v) is 4.96. The first-order valence-electron chi connectivity index (χ1n) is 5.86. The second-order valence-corrected chi connectivity index (χ2v) is 7.02. The average Bonchev–Trinajstić information content (AvgIpc) is 2.65. The third kappa shape index (κ3) is 4.52. The van der Waals surface area contributed by atoms with E-state index >= 15 is 0 Å². The zero-order valence-electron chi connectivity index (χ0n) is 10.1. The molecule has 1 aliphatic rings. The Morgan fingerprint density at radius 1 is 1.53 bits per heavy atom. The molecule has 17 heavy (non-hydrogen) atoms. The predicted molar refractivity (Wildman–Crippen MR) is 80.9 cm³/mol. The highest BCUT2D eigenvalue weighted by Gasteiger charge is 2.21. The quantitative estimate of drug-likeness (QED) is 0.913. The molecule has 0 bridgehead atoms. The fourth-order valence-electron chi connectivity index (χ4n) is 2.32. The zero-order valence-corrected chi connectivity index (χ0v) is 13.3. The Kier molecular flexibility index (Phi) is 6.45. The van der Waals surface area contributed by atoms with Gasteiger partial charge in [0.1, 0.15) is 0 Å². The number of hydrogen-bond donors (Lipinski definition) is 1. The summed E-state index contributed by atoms with van der Waals surface area (Å²) in [6.45, 7) is 5.61. The highest BCUT2D eigenvalue weighted by Crippen LogP contribution is 2.24. The highest BCUT2D eigenvalue weighted by molar-refractivity contribution is 9.11. The monoisotopic (exact) mass is 338 g/mol. The number of nitrogens with two attached hydrogens (primary N) is 1. The van der Waals surface area contributed by atoms with E-state index in [4.69, 9.17) is 5.73 Å². The summed E-state index contributed by atoms with van der Waals surface area (Å²) in [4.78, 5) is 2.54. The number of rotatable bonds is 3. The zero-order chi connectivity index (χ0) is 11.5. The van der Waals surface area contributed by atoms with Gasteiger partial charge >= 0.3 is 0 Å². The minimum atomic E-state index is 0. The van der Waals surface area contributed by atoms with Crippen LogP contribution in [0, 0.1) is 5.92 Å². The average molecular weight is 340 g/mol. The third-order valence-electron chi connectivity index (χ3n) is 3.40. The van der Waals surface area contributed by atoms with Gasteiger partial charge in [-0.3, -0.25) is 4.90 Å². The van der Waals surface area contributed by atoms with Crippen molar-refractivity contribution in [3.8, 4) is 0 Å². The van der Waals surface area contributed by atoms with Gasteiger partial charge in [0, 0.05) is 12.6 Å². The molecule has 2 rings (SSSR count). The van der Waals surface area contributed by atoms with Crippen LogP contribution in [-0.4, -0.2) is 24.0 Å². The molecule has 2 N–H and O–H groups in total.